The molecule has 2 heteroatoms. The van der Waals surface area contributed by atoms with E-state index in [0.29, 0.717) is 11.5 Å². The van der Waals surface area contributed by atoms with Gasteiger partial charge in [0, 0.05) is 0 Å². The first kappa shape index (κ1) is 13.1. The van der Waals surface area contributed by atoms with E-state index in [1.54, 1.807) is 0 Å². The predicted octanol–water partition coefficient (Wildman–Crippen LogP) is 4.12. The Hall–Kier alpha value is -1.31. The second-order valence-electron chi connectivity index (χ2n) is 5.21. The lowest BCUT2D eigenvalue weighted by atomic mass is 9.85. The van der Waals surface area contributed by atoms with Crippen molar-refractivity contribution in [3.05, 3.63) is 35.4 Å². The van der Waals surface area contributed by atoms with Crippen LogP contribution in [0.15, 0.2) is 24.3 Å². The average Bonchev–Trinajstić information content (AvgIpc) is 2.39. The van der Waals surface area contributed by atoms with Gasteiger partial charge in [0.05, 0.1) is 5.56 Å². The summed E-state index contributed by atoms with van der Waals surface area (Å²) in [6, 6.07) is 7.64. The molecule has 1 saturated carbocycles. The maximum Gasteiger partial charge on any atom is 0.338 e. The van der Waals surface area contributed by atoms with Gasteiger partial charge in [0.15, 0.2) is 0 Å². The molecule has 0 heterocycles. The van der Waals surface area contributed by atoms with Gasteiger partial charge in [0.2, 0.25) is 0 Å². The number of ether oxygens (including phenoxy) is 1. The smallest absolute Gasteiger partial charge is 0.338 e. The fourth-order valence-corrected chi connectivity index (χ4v) is 2.80. The molecule has 98 valence electrons. The molecule has 0 spiro atoms. The van der Waals surface area contributed by atoms with Crippen LogP contribution in [0.4, 0.5) is 0 Å². The molecule has 1 aliphatic carbocycles. The number of rotatable bonds is 3. The van der Waals surface area contributed by atoms with Crippen LogP contribution in [-0.4, -0.2) is 12.1 Å². The first-order valence-corrected chi connectivity index (χ1v) is 6.99. The van der Waals surface area contributed by atoms with Crippen molar-refractivity contribution in [2.45, 2.75) is 52.1 Å². The minimum absolute atomic E-state index is 0.121. The maximum absolute atomic E-state index is 12.2. The van der Waals surface area contributed by atoms with Crippen molar-refractivity contribution in [1.82, 2.24) is 0 Å². The van der Waals surface area contributed by atoms with Gasteiger partial charge in [-0.3, -0.25) is 0 Å². The molecule has 2 nitrogen and oxygen atoms in total. The third-order valence-electron chi connectivity index (χ3n) is 3.99. The Morgan fingerprint density at radius 1 is 1.28 bits per heavy atom. The lowest BCUT2D eigenvalue weighted by Crippen LogP contribution is -2.29. The van der Waals surface area contributed by atoms with E-state index in [0.717, 1.165) is 18.4 Å². The zero-order chi connectivity index (χ0) is 13.0. The van der Waals surface area contributed by atoms with Crippen LogP contribution in [0.1, 0.15) is 54.9 Å². The number of aryl methyl sites for hydroxylation is 1. The number of benzene rings is 1. The van der Waals surface area contributed by atoms with Crippen molar-refractivity contribution in [3.8, 4) is 0 Å². The van der Waals surface area contributed by atoms with E-state index in [4.69, 9.17) is 4.74 Å². The minimum atomic E-state index is -0.154. The van der Waals surface area contributed by atoms with Gasteiger partial charge in [-0.05, 0) is 50.2 Å². The summed E-state index contributed by atoms with van der Waals surface area (Å²) >= 11 is 0. The van der Waals surface area contributed by atoms with Crippen LogP contribution >= 0.6 is 0 Å². The third-order valence-corrected chi connectivity index (χ3v) is 3.99. The number of carbonyl (C=O) groups excluding carboxylic acids is 1. The molecule has 0 aliphatic heterocycles. The molecule has 2 atom stereocenters. The van der Waals surface area contributed by atoms with Crippen LogP contribution in [-0.2, 0) is 4.74 Å². The van der Waals surface area contributed by atoms with Gasteiger partial charge >= 0.3 is 5.97 Å². The summed E-state index contributed by atoms with van der Waals surface area (Å²) in [6.07, 6.45) is 5.90. The molecule has 1 aliphatic rings. The highest BCUT2D eigenvalue weighted by molar-refractivity contribution is 5.91. The van der Waals surface area contributed by atoms with Gasteiger partial charge in [0.1, 0.15) is 6.10 Å². The summed E-state index contributed by atoms with van der Waals surface area (Å²) in [5.41, 5.74) is 1.70. The molecule has 1 aromatic carbocycles. The summed E-state index contributed by atoms with van der Waals surface area (Å²) < 4.78 is 5.72. The van der Waals surface area contributed by atoms with Gasteiger partial charge < -0.3 is 4.74 Å². The number of carbonyl (C=O) groups is 1. The quantitative estimate of drug-likeness (QED) is 0.750. The summed E-state index contributed by atoms with van der Waals surface area (Å²) in [7, 11) is 0. The van der Waals surface area contributed by atoms with Gasteiger partial charge in [0.25, 0.3) is 0 Å². The molecular weight excluding hydrogens is 224 g/mol. The Kier molecular flexibility index (Phi) is 4.40. The second kappa shape index (κ2) is 6.03. The Morgan fingerprint density at radius 3 is 2.72 bits per heavy atom. The Labute approximate surface area is 109 Å². The Balaban J connectivity index is 2.04. The summed E-state index contributed by atoms with van der Waals surface area (Å²) in [6.45, 7) is 4.14. The first-order chi connectivity index (χ1) is 8.72. The van der Waals surface area contributed by atoms with Crippen LogP contribution in [0.25, 0.3) is 0 Å². The van der Waals surface area contributed by atoms with Crippen LogP contribution in [0.2, 0.25) is 0 Å². The zero-order valence-corrected chi connectivity index (χ0v) is 11.3. The number of esters is 1. The van der Waals surface area contributed by atoms with Crippen LogP contribution in [0, 0.1) is 12.8 Å². The van der Waals surface area contributed by atoms with Crippen molar-refractivity contribution in [2.75, 3.05) is 0 Å². The molecule has 0 bridgehead atoms. The highest BCUT2D eigenvalue weighted by Gasteiger charge is 2.27. The molecule has 18 heavy (non-hydrogen) atoms. The molecule has 0 aromatic heterocycles. The van der Waals surface area contributed by atoms with Crippen LogP contribution in [0.3, 0.4) is 0 Å². The third kappa shape index (κ3) is 2.92. The Bertz CT molecular complexity index is 411. The monoisotopic (exact) mass is 246 g/mol. The van der Waals surface area contributed by atoms with Crippen LogP contribution < -0.4 is 0 Å². The highest BCUT2D eigenvalue weighted by Crippen LogP contribution is 2.29. The minimum Gasteiger partial charge on any atom is -0.458 e. The van der Waals surface area contributed by atoms with Crippen molar-refractivity contribution in [1.29, 1.82) is 0 Å². The zero-order valence-electron chi connectivity index (χ0n) is 11.3. The van der Waals surface area contributed by atoms with E-state index < -0.39 is 0 Å². The predicted molar refractivity (Wildman–Crippen MR) is 72.6 cm³/mol. The molecule has 0 radical (unpaired) electrons. The van der Waals surface area contributed by atoms with Gasteiger partial charge in [-0.1, -0.05) is 31.5 Å². The molecule has 0 saturated heterocycles. The SMILES string of the molecule is CCC1CCCCC1OC(=O)c1ccccc1C. The van der Waals surface area contributed by atoms with Gasteiger partial charge in [-0.15, -0.1) is 0 Å². The van der Waals surface area contributed by atoms with E-state index in [1.807, 2.05) is 31.2 Å². The fourth-order valence-electron chi connectivity index (χ4n) is 2.80. The van der Waals surface area contributed by atoms with E-state index >= 15 is 0 Å². The number of hydrogen-bond acceptors (Lipinski definition) is 2. The molecule has 2 unspecified atom stereocenters. The first-order valence-electron chi connectivity index (χ1n) is 6.99. The topological polar surface area (TPSA) is 26.3 Å². The van der Waals surface area contributed by atoms with E-state index in [-0.39, 0.29) is 12.1 Å². The average molecular weight is 246 g/mol. The van der Waals surface area contributed by atoms with Crippen molar-refractivity contribution in [3.63, 3.8) is 0 Å². The van der Waals surface area contributed by atoms with Crippen molar-refractivity contribution in [2.24, 2.45) is 5.92 Å². The number of hydrogen-bond donors (Lipinski definition) is 0. The lowest BCUT2D eigenvalue weighted by molar-refractivity contribution is 0.000640. The maximum atomic E-state index is 12.2. The molecule has 1 aromatic rings. The summed E-state index contributed by atoms with van der Waals surface area (Å²) in [5, 5.41) is 0. The highest BCUT2D eigenvalue weighted by atomic mass is 16.5. The van der Waals surface area contributed by atoms with E-state index in [9.17, 15) is 4.79 Å². The summed E-state index contributed by atoms with van der Waals surface area (Å²) in [5.74, 6) is 0.394. The second-order valence-corrected chi connectivity index (χ2v) is 5.21. The lowest BCUT2D eigenvalue weighted by Gasteiger charge is -2.30. The van der Waals surface area contributed by atoms with Gasteiger partial charge in [-0.25, -0.2) is 4.79 Å². The van der Waals surface area contributed by atoms with E-state index in [2.05, 4.69) is 6.92 Å². The van der Waals surface area contributed by atoms with E-state index in [1.165, 1.54) is 19.3 Å². The van der Waals surface area contributed by atoms with Crippen molar-refractivity contribution < 1.29 is 9.53 Å². The Morgan fingerprint density at radius 2 is 2.00 bits per heavy atom. The van der Waals surface area contributed by atoms with Gasteiger partial charge in [-0.2, -0.15) is 0 Å². The molecule has 1 fully saturated rings. The molecule has 0 N–H and O–H groups in total. The molecule has 2 rings (SSSR count). The standard InChI is InChI=1S/C16H22O2/c1-3-13-9-5-7-11-15(13)18-16(17)14-10-6-4-8-12(14)2/h4,6,8,10,13,15H,3,5,7,9,11H2,1-2H3. The largest absolute Gasteiger partial charge is 0.458 e. The summed E-state index contributed by atoms with van der Waals surface area (Å²) in [4.78, 5) is 12.2. The molecular formula is C16H22O2. The normalized spacial score (nSPS) is 23.7. The van der Waals surface area contributed by atoms with Crippen LogP contribution in [0.5, 0.6) is 0 Å². The van der Waals surface area contributed by atoms with Crippen molar-refractivity contribution >= 4 is 5.97 Å². The molecule has 0 amide bonds. The fraction of sp³-hybridized carbons (Fsp3) is 0.562.